The van der Waals surface area contributed by atoms with E-state index in [2.05, 4.69) is 43.1 Å². The summed E-state index contributed by atoms with van der Waals surface area (Å²) in [5.74, 6) is 1.03. The van der Waals surface area contributed by atoms with Crippen LogP contribution in [-0.2, 0) is 12.8 Å². The van der Waals surface area contributed by atoms with Gasteiger partial charge in [0.15, 0.2) is 0 Å². The number of nitrogens with zero attached hydrogens (tertiary/aromatic N) is 1. The van der Waals surface area contributed by atoms with E-state index in [0.717, 1.165) is 36.5 Å². The van der Waals surface area contributed by atoms with E-state index in [-0.39, 0.29) is 6.04 Å². The van der Waals surface area contributed by atoms with E-state index < -0.39 is 0 Å². The predicted octanol–water partition coefficient (Wildman–Crippen LogP) is 3.23. The average Bonchev–Trinajstić information content (AvgIpc) is 2.78. The van der Waals surface area contributed by atoms with Crippen LogP contribution in [0.25, 0.3) is 11.3 Å². The Labute approximate surface area is 115 Å². The molecule has 1 atom stereocenters. The standard InChI is InChI=1S/C16H23N3/c1-4-13-6-8-14(9-7-13)16-12(3)18-15(19-16)10-5-11(2)17/h6-9,11H,4-5,10,17H2,1-3H3,(H,18,19). The van der Waals surface area contributed by atoms with Gasteiger partial charge in [-0.05, 0) is 32.3 Å². The molecule has 19 heavy (non-hydrogen) atoms. The van der Waals surface area contributed by atoms with Gasteiger partial charge in [-0.15, -0.1) is 0 Å². The molecule has 102 valence electrons. The molecule has 0 fully saturated rings. The first-order valence-corrected chi connectivity index (χ1v) is 7.00. The Balaban J connectivity index is 2.19. The van der Waals surface area contributed by atoms with Crippen molar-refractivity contribution in [1.82, 2.24) is 9.97 Å². The number of nitrogens with one attached hydrogen (secondary N) is 1. The lowest BCUT2D eigenvalue weighted by Gasteiger charge is -2.01. The Bertz CT molecular complexity index is 523. The van der Waals surface area contributed by atoms with Crippen molar-refractivity contribution in [3.8, 4) is 11.3 Å². The lowest BCUT2D eigenvalue weighted by molar-refractivity contribution is 0.651. The third-order valence-corrected chi connectivity index (χ3v) is 3.41. The van der Waals surface area contributed by atoms with Gasteiger partial charge >= 0.3 is 0 Å². The molecule has 1 aromatic carbocycles. The van der Waals surface area contributed by atoms with Crippen LogP contribution >= 0.6 is 0 Å². The van der Waals surface area contributed by atoms with Crippen LogP contribution in [0, 0.1) is 6.92 Å². The number of nitrogens with two attached hydrogens (primary N) is 1. The van der Waals surface area contributed by atoms with Gasteiger partial charge in [-0.1, -0.05) is 31.2 Å². The van der Waals surface area contributed by atoms with E-state index in [1.807, 2.05) is 6.92 Å². The molecule has 0 spiro atoms. The maximum atomic E-state index is 5.79. The molecule has 1 aromatic heterocycles. The van der Waals surface area contributed by atoms with E-state index in [1.165, 1.54) is 11.1 Å². The summed E-state index contributed by atoms with van der Waals surface area (Å²) in [4.78, 5) is 8.06. The van der Waals surface area contributed by atoms with Gasteiger partial charge in [-0.3, -0.25) is 0 Å². The van der Waals surface area contributed by atoms with Crippen molar-refractivity contribution < 1.29 is 0 Å². The van der Waals surface area contributed by atoms with E-state index in [9.17, 15) is 0 Å². The number of imidazole rings is 1. The Kier molecular flexibility index (Phi) is 4.38. The fourth-order valence-corrected chi connectivity index (χ4v) is 2.18. The van der Waals surface area contributed by atoms with E-state index in [0.29, 0.717) is 0 Å². The molecule has 1 unspecified atom stereocenters. The molecular formula is C16H23N3. The summed E-state index contributed by atoms with van der Waals surface area (Å²) >= 11 is 0. The normalized spacial score (nSPS) is 12.6. The van der Waals surface area contributed by atoms with Crippen molar-refractivity contribution in [2.45, 2.75) is 46.1 Å². The summed E-state index contributed by atoms with van der Waals surface area (Å²) in [7, 11) is 0. The molecule has 0 aliphatic carbocycles. The molecule has 0 aliphatic rings. The summed E-state index contributed by atoms with van der Waals surface area (Å²) in [6.45, 7) is 6.27. The largest absolute Gasteiger partial charge is 0.346 e. The number of aromatic nitrogens is 2. The fourth-order valence-electron chi connectivity index (χ4n) is 2.18. The molecule has 0 aliphatic heterocycles. The second-order valence-electron chi connectivity index (χ2n) is 5.22. The molecule has 3 nitrogen and oxygen atoms in total. The highest BCUT2D eigenvalue weighted by Gasteiger charge is 2.09. The fraction of sp³-hybridized carbons (Fsp3) is 0.438. The van der Waals surface area contributed by atoms with Gasteiger partial charge in [0.1, 0.15) is 5.82 Å². The monoisotopic (exact) mass is 257 g/mol. The number of aryl methyl sites for hydroxylation is 3. The number of H-pyrrole nitrogens is 1. The number of benzene rings is 1. The van der Waals surface area contributed by atoms with Gasteiger partial charge in [0.25, 0.3) is 0 Å². The van der Waals surface area contributed by atoms with E-state index >= 15 is 0 Å². The smallest absolute Gasteiger partial charge is 0.107 e. The minimum atomic E-state index is 0.220. The summed E-state index contributed by atoms with van der Waals surface area (Å²) < 4.78 is 0. The highest BCUT2D eigenvalue weighted by atomic mass is 14.9. The minimum absolute atomic E-state index is 0.220. The molecule has 1 heterocycles. The van der Waals surface area contributed by atoms with Gasteiger partial charge in [-0.25, -0.2) is 4.98 Å². The zero-order valence-electron chi connectivity index (χ0n) is 12.0. The number of hydrogen-bond donors (Lipinski definition) is 2. The first kappa shape index (κ1) is 13.8. The Hall–Kier alpha value is -1.61. The van der Waals surface area contributed by atoms with Crippen LogP contribution in [-0.4, -0.2) is 16.0 Å². The Morgan fingerprint density at radius 3 is 2.53 bits per heavy atom. The third kappa shape index (κ3) is 3.44. The molecule has 3 heteroatoms. The molecule has 0 amide bonds. The second-order valence-corrected chi connectivity index (χ2v) is 5.22. The van der Waals surface area contributed by atoms with Crippen LogP contribution in [0.2, 0.25) is 0 Å². The average molecular weight is 257 g/mol. The second kappa shape index (κ2) is 6.02. The van der Waals surface area contributed by atoms with Gasteiger partial charge in [-0.2, -0.15) is 0 Å². The third-order valence-electron chi connectivity index (χ3n) is 3.41. The topological polar surface area (TPSA) is 54.7 Å². The van der Waals surface area contributed by atoms with Crippen molar-refractivity contribution in [2.24, 2.45) is 5.73 Å². The lowest BCUT2D eigenvalue weighted by atomic mass is 10.1. The maximum Gasteiger partial charge on any atom is 0.107 e. The van der Waals surface area contributed by atoms with Crippen molar-refractivity contribution in [2.75, 3.05) is 0 Å². The molecule has 0 bridgehead atoms. The van der Waals surface area contributed by atoms with Crippen LogP contribution < -0.4 is 5.73 Å². The Morgan fingerprint density at radius 2 is 1.95 bits per heavy atom. The van der Waals surface area contributed by atoms with Crippen LogP contribution in [0.15, 0.2) is 24.3 Å². The summed E-state index contributed by atoms with van der Waals surface area (Å²) in [6.07, 6.45) is 2.94. The Morgan fingerprint density at radius 1 is 1.26 bits per heavy atom. The summed E-state index contributed by atoms with van der Waals surface area (Å²) in [6, 6.07) is 8.86. The van der Waals surface area contributed by atoms with Gasteiger partial charge in [0, 0.05) is 23.7 Å². The van der Waals surface area contributed by atoms with Crippen molar-refractivity contribution in [3.05, 3.63) is 41.3 Å². The van der Waals surface area contributed by atoms with Crippen LogP contribution in [0.5, 0.6) is 0 Å². The number of hydrogen-bond acceptors (Lipinski definition) is 2. The van der Waals surface area contributed by atoms with Gasteiger partial charge in [0.05, 0.1) is 5.69 Å². The summed E-state index contributed by atoms with van der Waals surface area (Å²) in [5.41, 5.74) is 10.5. The number of aromatic amines is 1. The summed E-state index contributed by atoms with van der Waals surface area (Å²) in [5, 5.41) is 0. The van der Waals surface area contributed by atoms with Gasteiger partial charge < -0.3 is 10.7 Å². The SMILES string of the molecule is CCc1ccc(-c2nc(CCC(C)N)[nH]c2C)cc1. The highest BCUT2D eigenvalue weighted by molar-refractivity contribution is 5.62. The number of rotatable bonds is 5. The van der Waals surface area contributed by atoms with Crippen LogP contribution in [0.4, 0.5) is 0 Å². The van der Waals surface area contributed by atoms with Crippen molar-refractivity contribution in [3.63, 3.8) is 0 Å². The van der Waals surface area contributed by atoms with Crippen LogP contribution in [0.3, 0.4) is 0 Å². The molecule has 2 rings (SSSR count). The van der Waals surface area contributed by atoms with Crippen molar-refractivity contribution >= 4 is 0 Å². The molecule has 2 aromatic rings. The first-order valence-electron chi connectivity index (χ1n) is 7.00. The lowest BCUT2D eigenvalue weighted by Crippen LogP contribution is -2.15. The molecule has 0 saturated carbocycles. The van der Waals surface area contributed by atoms with Crippen LogP contribution in [0.1, 0.15) is 37.4 Å². The van der Waals surface area contributed by atoms with Gasteiger partial charge in [0.2, 0.25) is 0 Å². The van der Waals surface area contributed by atoms with Crippen molar-refractivity contribution in [1.29, 1.82) is 0 Å². The minimum Gasteiger partial charge on any atom is -0.346 e. The van der Waals surface area contributed by atoms with E-state index in [4.69, 9.17) is 10.7 Å². The highest BCUT2D eigenvalue weighted by Crippen LogP contribution is 2.22. The molecule has 3 N–H and O–H groups in total. The molecular weight excluding hydrogens is 234 g/mol. The zero-order chi connectivity index (χ0) is 13.8. The predicted molar refractivity (Wildman–Crippen MR) is 80.1 cm³/mol. The first-order chi connectivity index (χ1) is 9.10. The molecule has 0 saturated heterocycles. The maximum absolute atomic E-state index is 5.79. The quantitative estimate of drug-likeness (QED) is 0.864. The zero-order valence-corrected chi connectivity index (χ0v) is 12.0. The van der Waals surface area contributed by atoms with E-state index in [1.54, 1.807) is 0 Å². The molecule has 0 radical (unpaired) electrons.